The molecule has 0 saturated carbocycles. The molecule has 1 aromatic heterocycles. The van der Waals surface area contributed by atoms with Crippen molar-refractivity contribution < 1.29 is 4.79 Å². The number of hydrogen-bond acceptors (Lipinski definition) is 3. The van der Waals surface area contributed by atoms with Crippen LogP contribution in [0.2, 0.25) is 0 Å². The van der Waals surface area contributed by atoms with Gasteiger partial charge in [0, 0.05) is 0 Å². The van der Waals surface area contributed by atoms with Crippen LogP contribution in [0.3, 0.4) is 0 Å². The Morgan fingerprint density at radius 3 is 1.65 bits per heavy atom. The van der Waals surface area contributed by atoms with Gasteiger partial charge in [0.15, 0.2) is 0 Å². The van der Waals surface area contributed by atoms with E-state index in [1.807, 2.05) is 60.0 Å². The van der Waals surface area contributed by atoms with Gasteiger partial charge in [-0.05, 0) is 0 Å². The Bertz CT molecular complexity index is 1080. The molecule has 1 heterocycles. The zero-order valence-electron chi connectivity index (χ0n) is 17.5. The van der Waals surface area contributed by atoms with Crippen LogP contribution in [0.1, 0.15) is 15.5 Å². The summed E-state index contributed by atoms with van der Waals surface area (Å²) in [6.07, 6.45) is 0.530. The second kappa shape index (κ2) is 8.55. The van der Waals surface area contributed by atoms with Gasteiger partial charge in [-0.25, -0.2) is 0 Å². The Morgan fingerprint density at radius 2 is 1.26 bits per heavy atom. The van der Waals surface area contributed by atoms with Crippen LogP contribution in [0.15, 0.2) is 96.4 Å². The molecule has 0 aliphatic rings. The molecule has 0 radical (unpaired) electrons. The number of carbonyl (C=O) groups is 1. The second-order valence-corrected chi connectivity index (χ2v) is 15.0. The minimum atomic E-state index is -3.44. The first-order chi connectivity index (χ1) is 14.9. The molecule has 158 valence electrons. The molecular formula is C25H24ClN2OPS. The van der Waals surface area contributed by atoms with E-state index in [-0.39, 0.29) is 5.91 Å². The van der Waals surface area contributed by atoms with Crippen LogP contribution in [0.25, 0.3) is 0 Å². The number of hydrogen-bond donors (Lipinski definition) is 0. The van der Waals surface area contributed by atoms with E-state index < -0.39 is 5.96 Å². The fourth-order valence-corrected chi connectivity index (χ4v) is 10.8. The summed E-state index contributed by atoms with van der Waals surface area (Å²) in [5.74, 6) is -3.53. The molecule has 4 aromatic rings. The SMILES string of the molecule is CN(C)C(=O)c1nc(CP(Cl)(c2ccccc2)(c2ccccc2)c2ccccc2)cs1. The molecule has 3 nitrogen and oxygen atoms in total. The summed E-state index contributed by atoms with van der Waals surface area (Å²) in [5.41, 5.74) is 0.833. The standard InChI is InChI=1S/C25H24ClN2OPS/c1-28(2)25(29)24-27-20(19-31-24)18-30(26,21-12-6-3-7-13-21,22-14-8-4-9-15-22)23-16-10-5-11-17-23/h3-17,19H,18H2,1-2H3. The Balaban J connectivity index is 1.99. The third-order valence-corrected chi connectivity index (χ3v) is 13.5. The molecule has 0 unspecified atom stereocenters. The number of rotatable bonds is 6. The monoisotopic (exact) mass is 466 g/mol. The molecule has 0 aliphatic heterocycles. The third-order valence-electron chi connectivity index (χ3n) is 5.48. The second-order valence-electron chi connectivity index (χ2n) is 7.69. The summed E-state index contributed by atoms with van der Waals surface area (Å²) in [6, 6.07) is 30.9. The number of amides is 1. The third kappa shape index (κ3) is 3.80. The van der Waals surface area contributed by atoms with Crippen LogP contribution < -0.4 is 15.9 Å². The number of aromatic nitrogens is 1. The molecule has 0 aliphatic carbocycles. The van der Waals surface area contributed by atoms with Gasteiger partial charge in [0.05, 0.1) is 0 Å². The van der Waals surface area contributed by atoms with Gasteiger partial charge in [0.1, 0.15) is 0 Å². The molecule has 1 amide bonds. The molecular weight excluding hydrogens is 443 g/mol. The molecule has 0 bridgehead atoms. The van der Waals surface area contributed by atoms with Crippen molar-refractivity contribution in [1.82, 2.24) is 9.88 Å². The molecule has 0 atom stereocenters. The zero-order chi connectivity index (χ0) is 21.9. The number of halogens is 1. The summed E-state index contributed by atoms with van der Waals surface area (Å²) >= 11 is 9.43. The topological polar surface area (TPSA) is 33.2 Å². The van der Waals surface area contributed by atoms with Crippen LogP contribution in [-0.4, -0.2) is 29.9 Å². The number of carbonyl (C=O) groups excluding carboxylic acids is 1. The normalized spacial score (nSPS) is 12.7. The summed E-state index contributed by atoms with van der Waals surface area (Å²) in [4.78, 5) is 18.7. The van der Waals surface area contributed by atoms with Gasteiger partial charge in [0.25, 0.3) is 0 Å². The van der Waals surface area contributed by atoms with Gasteiger partial charge >= 0.3 is 192 Å². The van der Waals surface area contributed by atoms with Crippen molar-refractivity contribution in [2.24, 2.45) is 0 Å². The summed E-state index contributed by atoms with van der Waals surface area (Å²) < 4.78 is 0. The van der Waals surface area contributed by atoms with Gasteiger partial charge in [-0.2, -0.15) is 0 Å². The van der Waals surface area contributed by atoms with Crippen LogP contribution in [0.5, 0.6) is 0 Å². The zero-order valence-corrected chi connectivity index (χ0v) is 19.9. The number of nitrogens with zero attached hydrogens (tertiary/aromatic N) is 2. The van der Waals surface area contributed by atoms with Crippen molar-refractivity contribution in [1.29, 1.82) is 0 Å². The predicted molar refractivity (Wildman–Crippen MR) is 135 cm³/mol. The van der Waals surface area contributed by atoms with E-state index in [0.717, 1.165) is 21.6 Å². The van der Waals surface area contributed by atoms with Crippen LogP contribution in [-0.2, 0) is 6.16 Å². The van der Waals surface area contributed by atoms with Crippen molar-refractivity contribution in [2.75, 3.05) is 14.1 Å². The first-order valence-corrected chi connectivity index (χ1v) is 14.2. The van der Waals surface area contributed by atoms with Gasteiger partial charge in [-0.1, -0.05) is 0 Å². The van der Waals surface area contributed by atoms with E-state index in [2.05, 4.69) is 36.4 Å². The van der Waals surface area contributed by atoms with E-state index in [4.69, 9.17) is 16.2 Å². The number of benzene rings is 3. The van der Waals surface area contributed by atoms with Gasteiger partial charge in [-0.15, -0.1) is 0 Å². The molecule has 0 saturated heterocycles. The van der Waals surface area contributed by atoms with E-state index >= 15 is 0 Å². The fourth-order valence-electron chi connectivity index (χ4n) is 3.91. The van der Waals surface area contributed by atoms with E-state index in [1.54, 1.807) is 19.0 Å². The molecule has 0 fully saturated rings. The van der Waals surface area contributed by atoms with E-state index in [0.29, 0.717) is 11.2 Å². The predicted octanol–water partition coefficient (Wildman–Crippen LogP) is 5.03. The Morgan fingerprint density at radius 1 is 0.839 bits per heavy atom. The minimum absolute atomic E-state index is 0.0923. The number of thiazole rings is 1. The Hall–Kier alpha value is -2.52. The van der Waals surface area contributed by atoms with Crippen LogP contribution >= 0.6 is 28.5 Å². The van der Waals surface area contributed by atoms with Crippen LogP contribution in [0.4, 0.5) is 0 Å². The maximum absolute atomic E-state index is 12.5. The summed E-state index contributed by atoms with van der Waals surface area (Å²) in [7, 11) is 3.48. The van der Waals surface area contributed by atoms with Crippen molar-refractivity contribution in [3.63, 3.8) is 0 Å². The first kappa shape index (κ1) is 21.7. The van der Waals surface area contributed by atoms with E-state index in [1.165, 1.54) is 11.3 Å². The fraction of sp³-hybridized carbons (Fsp3) is 0.120. The molecule has 31 heavy (non-hydrogen) atoms. The average molecular weight is 467 g/mol. The average Bonchev–Trinajstić information content (AvgIpc) is 3.28. The summed E-state index contributed by atoms with van der Waals surface area (Å²) in [5, 5.41) is 5.70. The van der Waals surface area contributed by atoms with Gasteiger partial charge < -0.3 is 0 Å². The molecule has 0 N–H and O–H groups in total. The Labute approximate surface area is 192 Å². The van der Waals surface area contributed by atoms with Crippen molar-refractivity contribution >= 4 is 50.4 Å². The molecule has 3 aromatic carbocycles. The quantitative estimate of drug-likeness (QED) is 0.373. The maximum atomic E-state index is 12.5. The van der Waals surface area contributed by atoms with Crippen molar-refractivity contribution in [3.8, 4) is 0 Å². The van der Waals surface area contributed by atoms with Crippen molar-refractivity contribution in [2.45, 2.75) is 6.16 Å². The Kier molecular flexibility index (Phi) is 5.98. The molecule has 6 heteroatoms. The van der Waals surface area contributed by atoms with Crippen molar-refractivity contribution in [3.05, 3.63) is 107 Å². The van der Waals surface area contributed by atoms with Gasteiger partial charge in [0.2, 0.25) is 0 Å². The van der Waals surface area contributed by atoms with Crippen LogP contribution in [0, 0.1) is 0 Å². The van der Waals surface area contributed by atoms with E-state index in [9.17, 15) is 4.79 Å². The molecule has 0 spiro atoms. The summed E-state index contributed by atoms with van der Waals surface area (Å²) in [6.45, 7) is 0. The van der Waals surface area contributed by atoms with Gasteiger partial charge in [-0.3, -0.25) is 0 Å². The molecule has 4 rings (SSSR count). The first-order valence-electron chi connectivity index (χ1n) is 9.99.